The van der Waals surface area contributed by atoms with Gasteiger partial charge in [-0.25, -0.2) is 13.8 Å². The Bertz CT molecular complexity index is 2310. The van der Waals surface area contributed by atoms with Gasteiger partial charge in [-0.2, -0.15) is 0 Å². The van der Waals surface area contributed by atoms with Crippen LogP contribution in [0, 0.1) is 11.6 Å². The van der Waals surface area contributed by atoms with Crippen molar-refractivity contribution in [3.8, 4) is 0 Å². The number of amides is 1. The van der Waals surface area contributed by atoms with Gasteiger partial charge in [0.2, 0.25) is 5.91 Å². The molecule has 4 aromatic rings. The quantitative estimate of drug-likeness (QED) is 0.171. The predicted molar refractivity (Wildman–Crippen MR) is 232 cm³/mol. The Morgan fingerprint density at radius 2 is 1.70 bits per heavy atom. The molecule has 0 aliphatic carbocycles. The number of rotatable bonds is 10. The van der Waals surface area contributed by atoms with E-state index in [0.29, 0.717) is 79.8 Å². The van der Waals surface area contributed by atoms with Gasteiger partial charge in [0.05, 0.1) is 58.6 Å². The molecule has 12 nitrogen and oxygen atoms in total. The van der Waals surface area contributed by atoms with Crippen molar-refractivity contribution < 1.29 is 23.1 Å². The lowest BCUT2D eigenvalue weighted by molar-refractivity contribution is -0.123. The van der Waals surface area contributed by atoms with Gasteiger partial charge < -0.3 is 24.8 Å². The molecule has 4 aliphatic heterocycles. The van der Waals surface area contributed by atoms with Crippen LogP contribution in [0.2, 0.25) is 5.02 Å². The summed E-state index contributed by atoms with van der Waals surface area (Å²) >= 11 is 6.51. The number of piperidine rings is 1. The number of aldehydes is 1. The molecular formula is C45H50ClF2N9O3. The Labute approximate surface area is 354 Å². The van der Waals surface area contributed by atoms with E-state index in [0.717, 1.165) is 60.2 Å². The number of fused-ring (bicyclic) bond motifs is 1. The number of nitrogens with one attached hydrogen (secondary N) is 1. The number of aliphatic imine (C=N–C) groups is 1. The van der Waals surface area contributed by atoms with Crippen LogP contribution in [0.4, 0.5) is 37.3 Å². The molecule has 1 N–H and O–H groups in total. The topological polar surface area (TPSA) is 110 Å². The van der Waals surface area contributed by atoms with E-state index in [-0.39, 0.29) is 11.6 Å². The van der Waals surface area contributed by atoms with Crippen LogP contribution in [0.25, 0.3) is 0 Å². The summed E-state index contributed by atoms with van der Waals surface area (Å²) in [7, 11) is 3.50. The normalized spacial score (nSPS) is 21.4. The molecule has 2 atom stereocenters. The molecule has 3 saturated heterocycles. The molecule has 4 aliphatic rings. The fraction of sp³-hybridized carbons (Fsp3) is 0.400. The third-order valence-electron chi connectivity index (χ3n) is 12.4. The molecule has 0 bridgehead atoms. The lowest BCUT2D eigenvalue weighted by atomic mass is 9.85. The molecule has 314 valence electrons. The number of hydrogen-bond donors (Lipinski definition) is 1. The van der Waals surface area contributed by atoms with E-state index in [1.165, 1.54) is 12.1 Å². The summed E-state index contributed by atoms with van der Waals surface area (Å²) in [6.07, 6.45) is 5.24. The van der Waals surface area contributed by atoms with Crippen molar-refractivity contribution >= 4 is 58.2 Å². The van der Waals surface area contributed by atoms with Gasteiger partial charge in [0.15, 0.2) is 6.29 Å². The lowest BCUT2D eigenvalue weighted by Gasteiger charge is -2.42. The third-order valence-corrected chi connectivity index (χ3v) is 12.7. The van der Waals surface area contributed by atoms with Gasteiger partial charge in [-0.3, -0.25) is 29.4 Å². The average molecular weight is 838 g/mol. The zero-order chi connectivity index (χ0) is 42.3. The number of carbonyl (C=O) groups excluding carboxylic acids is 2. The number of anilines is 5. The van der Waals surface area contributed by atoms with Gasteiger partial charge in [0.25, 0.3) is 0 Å². The van der Waals surface area contributed by atoms with E-state index in [4.69, 9.17) is 31.3 Å². The highest BCUT2D eigenvalue weighted by atomic mass is 35.5. The molecule has 0 radical (unpaired) electrons. The van der Waals surface area contributed by atoms with Gasteiger partial charge in [-0.05, 0) is 68.7 Å². The van der Waals surface area contributed by atoms with E-state index in [2.05, 4.69) is 63.5 Å². The first-order valence-corrected chi connectivity index (χ1v) is 20.7. The smallest absolute Gasteiger partial charge is 0.231 e. The summed E-state index contributed by atoms with van der Waals surface area (Å²) in [6, 6.07) is 14.8. The zero-order valence-corrected chi connectivity index (χ0v) is 35.2. The van der Waals surface area contributed by atoms with E-state index < -0.39 is 28.9 Å². The maximum atomic E-state index is 15.3. The number of benzene rings is 3. The maximum absolute atomic E-state index is 15.3. The van der Waals surface area contributed by atoms with Gasteiger partial charge >= 0.3 is 0 Å². The van der Waals surface area contributed by atoms with Crippen molar-refractivity contribution in [3.63, 3.8) is 0 Å². The summed E-state index contributed by atoms with van der Waals surface area (Å²) in [5.41, 5.74) is 5.58. The molecule has 15 heteroatoms. The van der Waals surface area contributed by atoms with Crippen molar-refractivity contribution in [2.75, 3.05) is 86.2 Å². The Kier molecular flexibility index (Phi) is 11.6. The van der Waals surface area contributed by atoms with Crippen LogP contribution in [-0.4, -0.2) is 106 Å². The molecule has 1 aromatic heterocycles. The molecule has 0 spiro atoms. The second kappa shape index (κ2) is 16.9. The van der Waals surface area contributed by atoms with Crippen LogP contribution in [0.5, 0.6) is 0 Å². The van der Waals surface area contributed by atoms with Gasteiger partial charge in [-0.15, -0.1) is 0 Å². The van der Waals surface area contributed by atoms with Crippen molar-refractivity contribution in [1.82, 2.24) is 20.2 Å². The molecule has 0 saturated carbocycles. The van der Waals surface area contributed by atoms with Crippen LogP contribution in [0.1, 0.15) is 59.8 Å². The Hall–Kier alpha value is -5.44. The molecule has 5 heterocycles. The number of ether oxygens (including phenoxy) is 1. The van der Waals surface area contributed by atoms with Crippen molar-refractivity contribution in [3.05, 3.63) is 112 Å². The van der Waals surface area contributed by atoms with Crippen molar-refractivity contribution in [1.29, 1.82) is 0 Å². The largest absolute Gasteiger partial charge is 0.383 e. The molecule has 8 rings (SSSR count). The molecule has 3 aromatic carbocycles. The van der Waals surface area contributed by atoms with E-state index in [9.17, 15) is 9.59 Å². The summed E-state index contributed by atoms with van der Waals surface area (Å²) in [5, 5.41) is 3.02. The average Bonchev–Trinajstić information content (AvgIpc) is 3.47. The number of aromatic nitrogens is 2. The molecule has 2 unspecified atom stereocenters. The van der Waals surface area contributed by atoms with Crippen molar-refractivity contribution in [2.24, 2.45) is 4.99 Å². The monoisotopic (exact) mass is 837 g/mol. The Morgan fingerprint density at radius 1 is 0.967 bits per heavy atom. The highest BCUT2D eigenvalue weighted by Gasteiger charge is 2.43. The van der Waals surface area contributed by atoms with Crippen molar-refractivity contribution in [2.45, 2.75) is 50.6 Å². The van der Waals surface area contributed by atoms with E-state index in [1.807, 2.05) is 23.2 Å². The number of nitrogens with zero attached hydrogens (tertiary/aromatic N) is 8. The summed E-state index contributed by atoms with van der Waals surface area (Å²) in [6.45, 7) is 13.8. The second-order valence-corrected chi connectivity index (χ2v) is 16.8. The van der Waals surface area contributed by atoms with Crippen LogP contribution in [0.3, 0.4) is 0 Å². The number of methoxy groups -OCH3 is 1. The summed E-state index contributed by atoms with van der Waals surface area (Å²) in [5.74, 6) is -1.13. The number of allylic oxidation sites excluding steroid dienone is 1. The van der Waals surface area contributed by atoms with E-state index >= 15 is 8.78 Å². The highest BCUT2D eigenvalue weighted by Crippen LogP contribution is 2.49. The fourth-order valence-electron chi connectivity index (χ4n) is 9.22. The first-order valence-electron chi connectivity index (χ1n) is 20.3. The van der Waals surface area contributed by atoms with Crippen LogP contribution in [-0.2, 0) is 21.5 Å². The number of hydrogen-bond acceptors (Lipinski definition) is 10. The number of carbonyl (C=O) groups is 2. The predicted octanol–water partition coefficient (Wildman–Crippen LogP) is 6.85. The molecular weight excluding hydrogens is 788 g/mol. The number of halogens is 3. The van der Waals surface area contributed by atoms with Gasteiger partial charge in [-0.1, -0.05) is 30.3 Å². The summed E-state index contributed by atoms with van der Waals surface area (Å²) in [4.78, 5) is 49.9. The first-order chi connectivity index (χ1) is 28.9. The Balaban J connectivity index is 0.912. The molecule has 3 fully saturated rings. The van der Waals surface area contributed by atoms with E-state index in [1.54, 1.807) is 26.4 Å². The minimum atomic E-state index is -0.875. The van der Waals surface area contributed by atoms with Crippen LogP contribution >= 0.6 is 11.6 Å². The lowest BCUT2D eigenvalue weighted by Crippen LogP contribution is -2.54. The molecule has 1 amide bonds. The fourth-order valence-corrected chi connectivity index (χ4v) is 9.44. The van der Waals surface area contributed by atoms with Gasteiger partial charge in [0.1, 0.15) is 23.3 Å². The maximum Gasteiger partial charge on any atom is 0.231 e. The standard InChI is InChI=1S/C45H50ClF2N9O3/c1-28-9-11-33(43(59)52-28)42-37(47)19-31(20-38(42)48)53-13-15-54(16-14-53)41-23-50-29(22-51-41)24-55-17-18-56(25-32(55)27-60-5)30-10-12-35-40(21-30)57(44(49-4)45(35,2)3)39-8-6-7-36(46)34(39)26-58/h6-8,10,12,19-23,26,32-33H,1,9,11,13-18,24-25,27H2,2-5H3,(H,52,59). The SMILES string of the molecule is C=C1CCC(c2c(F)cc(N3CCN(c4cnc(CN5CCN(c6ccc7c(c6)N(c6cccc(Cl)c6C=O)C(=NC)C7(C)C)CC5COC)cn4)CC3)cc2F)C(=O)N1. The first kappa shape index (κ1) is 41.3. The third kappa shape index (κ3) is 7.72. The highest BCUT2D eigenvalue weighted by molar-refractivity contribution is 6.34. The van der Waals surface area contributed by atoms with Crippen LogP contribution in [0.15, 0.2) is 78.2 Å². The minimum Gasteiger partial charge on any atom is -0.383 e. The summed E-state index contributed by atoms with van der Waals surface area (Å²) < 4.78 is 36.3. The van der Waals surface area contributed by atoms with Gasteiger partial charge in [0, 0.05) is 94.6 Å². The second-order valence-electron chi connectivity index (χ2n) is 16.4. The molecule has 60 heavy (non-hydrogen) atoms. The zero-order valence-electron chi connectivity index (χ0n) is 34.4. The number of piperazine rings is 2. The minimum absolute atomic E-state index is 0.0880. The Morgan fingerprint density at radius 3 is 2.37 bits per heavy atom. The van der Waals surface area contributed by atoms with Crippen LogP contribution < -0.4 is 24.9 Å². The number of amidine groups is 1.